The largest absolute Gasteiger partial charge is 0.378 e. The summed E-state index contributed by atoms with van der Waals surface area (Å²) in [5.74, 6) is 0.826. The van der Waals surface area contributed by atoms with Gasteiger partial charge < -0.3 is 23.8 Å². The molecule has 1 aromatic carbocycles. The van der Waals surface area contributed by atoms with Gasteiger partial charge >= 0.3 is 0 Å². The van der Waals surface area contributed by atoms with Crippen molar-refractivity contribution in [3.63, 3.8) is 0 Å². The molecule has 0 N–H and O–H groups in total. The minimum absolute atomic E-state index is 0.0385. The second-order valence-corrected chi connectivity index (χ2v) is 7.57. The first-order chi connectivity index (χ1) is 14.2. The van der Waals surface area contributed by atoms with E-state index in [2.05, 4.69) is 10.1 Å². The van der Waals surface area contributed by atoms with Gasteiger partial charge in [0, 0.05) is 32.3 Å². The molecule has 1 amide bonds. The number of benzene rings is 1. The second kappa shape index (κ2) is 8.92. The number of halogens is 1. The fourth-order valence-electron chi connectivity index (χ4n) is 3.56. The molecule has 1 aliphatic carbocycles. The Morgan fingerprint density at radius 3 is 2.66 bits per heavy atom. The Bertz CT molecular complexity index is 829. The topological polar surface area (TPSA) is 68.0 Å². The van der Waals surface area contributed by atoms with Crippen LogP contribution in [0, 0.1) is 11.7 Å². The molecule has 4 rings (SSSR count). The zero-order valence-electron chi connectivity index (χ0n) is 16.6. The van der Waals surface area contributed by atoms with Gasteiger partial charge in [-0.2, -0.15) is 0 Å². The van der Waals surface area contributed by atoms with Gasteiger partial charge in [-0.15, -0.1) is 0 Å². The van der Waals surface area contributed by atoms with Gasteiger partial charge in [-0.25, -0.2) is 4.39 Å². The molecular formula is C21H26FN3O4. The number of aromatic nitrogens is 1. The summed E-state index contributed by atoms with van der Waals surface area (Å²) in [5, 5.41) is 4.30. The number of hydrogen-bond donors (Lipinski definition) is 0. The van der Waals surface area contributed by atoms with Gasteiger partial charge in [0.1, 0.15) is 18.1 Å². The summed E-state index contributed by atoms with van der Waals surface area (Å²) in [6.07, 6.45) is 2.28. The van der Waals surface area contributed by atoms with Crippen molar-refractivity contribution >= 4 is 11.8 Å². The number of anilines is 1. The fraction of sp³-hybridized carbons (Fsp3) is 0.524. The third-order valence-electron chi connectivity index (χ3n) is 5.33. The Hall–Kier alpha value is -2.45. The standard InChI is InChI=1S/C21H26FN3O4/c1-27-14-19(26)25(12-15-2-3-15)13-18-20(16-4-6-17(22)7-5-16)23-29-21(18)24-8-10-28-11-9-24/h4-7,15H,2-3,8-14H2,1H3. The summed E-state index contributed by atoms with van der Waals surface area (Å²) < 4.78 is 29.7. The first-order valence-electron chi connectivity index (χ1n) is 9.99. The number of ether oxygens (including phenoxy) is 2. The van der Waals surface area contributed by atoms with Crippen LogP contribution in [0.1, 0.15) is 18.4 Å². The molecule has 0 unspecified atom stereocenters. The summed E-state index contributed by atoms with van der Waals surface area (Å²) in [5.41, 5.74) is 2.23. The van der Waals surface area contributed by atoms with Crippen LogP contribution < -0.4 is 4.90 Å². The molecule has 1 aliphatic heterocycles. The molecule has 1 saturated heterocycles. The van der Waals surface area contributed by atoms with Crippen LogP contribution in [0.4, 0.5) is 10.3 Å². The minimum Gasteiger partial charge on any atom is -0.378 e. The van der Waals surface area contributed by atoms with Gasteiger partial charge in [0.2, 0.25) is 11.8 Å². The first kappa shape index (κ1) is 19.8. The zero-order valence-corrected chi connectivity index (χ0v) is 16.6. The van der Waals surface area contributed by atoms with E-state index in [1.54, 1.807) is 12.1 Å². The summed E-state index contributed by atoms with van der Waals surface area (Å²) in [6.45, 7) is 3.72. The summed E-state index contributed by atoms with van der Waals surface area (Å²) in [7, 11) is 1.52. The molecule has 8 heteroatoms. The molecule has 0 spiro atoms. The Morgan fingerprint density at radius 2 is 2.00 bits per heavy atom. The van der Waals surface area contributed by atoms with Gasteiger partial charge in [0.05, 0.1) is 25.3 Å². The van der Waals surface area contributed by atoms with Crippen molar-refractivity contribution in [1.29, 1.82) is 0 Å². The van der Waals surface area contributed by atoms with Crippen LogP contribution >= 0.6 is 0 Å². The molecule has 1 saturated carbocycles. The highest BCUT2D eigenvalue weighted by atomic mass is 19.1. The average Bonchev–Trinajstić information content (AvgIpc) is 3.46. The minimum atomic E-state index is -0.308. The lowest BCUT2D eigenvalue weighted by molar-refractivity contribution is -0.136. The van der Waals surface area contributed by atoms with E-state index in [1.165, 1.54) is 19.2 Å². The summed E-state index contributed by atoms with van der Waals surface area (Å²) in [4.78, 5) is 16.6. The molecule has 1 aromatic heterocycles. The van der Waals surface area contributed by atoms with Crippen LogP contribution in [0.2, 0.25) is 0 Å². The molecule has 2 heterocycles. The molecule has 7 nitrogen and oxygen atoms in total. The van der Waals surface area contributed by atoms with E-state index in [4.69, 9.17) is 14.0 Å². The van der Waals surface area contributed by atoms with E-state index in [0.717, 1.165) is 24.0 Å². The molecule has 0 radical (unpaired) electrons. The van der Waals surface area contributed by atoms with E-state index in [-0.39, 0.29) is 18.3 Å². The van der Waals surface area contributed by atoms with Crippen LogP contribution in [-0.2, 0) is 20.8 Å². The van der Waals surface area contributed by atoms with Crippen LogP contribution in [0.15, 0.2) is 28.8 Å². The summed E-state index contributed by atoms with van der Waals surface area (Å²) >= 11 is 0. The second-order valence-electron chi connectivity index (χ2n) is 7.57. The van der Waals surface area contributed by atoms with Gasteiger partial charge in [-0.3, -0.25) is 4.79 Å². The highest BCUT2D eigenvalue weighted by molar-refractivity contribution is 5.78. The Kier molecular flexibility index (Phi) is 6.10. The maximum atomic E-state index is 13.4. The van der Waals surface area contributed by atoms with Gasteiger partial charge in [0.15, 0.2) is 0 Å². The third kappa shape index (κ3) is 4.76. The van der Waals surface area contributed by atoms with Crippen molar-refractivity contribution in [3.05, 3.63) is 35.6 Å². The molecule has 2 fully saturated rings. The van der Waals surface area contributed by atoms with Crippen molar-refractivity contribution in [2.75, 3.05) is 51.5 Å². The van der Waals surface area contributed by atoms with Crippen molar-refractivity contribution < 1.29 is 23.2 Å². The predicted molar refractivity (Wildman–Crippen MR) is 105 cm³/mol. The number of amides is 1. The number of methoxy groups -OCH3 is 1. The Labute approximate surface area is 169 Å². The fourth-order valence-corrected chi connectivity index (χ4v) is 3.56. The predicted octanol–water partition coefficient (Wildman–Crippen LogP) is 2.70. The van der Waals surface area contributed by atoms with Gasteiger partial charge in [-0.05, 0) is 43.0 Å². The number of carbonyl (C=O) groups is 1. The van der Waals surface area contributed by atoms with E-state index in [0.29, 0.717) is 56.9 Å². The quantitative estimate of drug-likeness (QED) is 0.675. The lowest BCUT2D eigenvalue weighted by atomic mass is 10.1. The molecule has 2 aliphatic rings. The molecule has 156 valence electrons. The smallest absolute Gasteiger partial charge is 0.248 e. The lowest BCUT2D eigenvalue weighted by Crippen LogP contribution is -2.38. The van der Waals surface area contributed by atoms with Crippen molar-refractivity contribution in [2.24, 2.45) is 5.92 Å². The highest BCUT2D eigenvalue weighted by Gasteiger charge is 2.31. The van der Waals surface area contributed by atoms with Gasteiger partial charge in [0.25, 0.3) is 0 Å². The Morgan fingerprint density at radius 1 is 1.28 bits per heavy atom. The first-order valence-corrected chi connectivity index (χ1v) is 9.99. The zero-order chi connectivity index (χ0) is 20.2. The Balaban J connectivity index is 1.67. The van der Waals surface area contributed by atoms with Gasteiger partial charge in [-0.1, -0.05) is 5.16 Å². The number of morpholine rings is 1. The SMILES string of the molecule is COCC(=O)N(Cc1c(-c2ccc(F)cc2)noc1N1CCOCC1)CC1CC1. The normalized spacial score (nSPS) is 16.8. The van der Waals surface area contributed by atoms with Crippen LogP contribution in [-0.4, -0.2) is 62.5 Å². The van der Waals surface area contributed by atoms with E-state index in [9.17, 15) is 9.18 Å². The number of nitrogens with zero attached hydrogens (tertiary/aromatic N) is 3. The van der Waals surface area contributed by atoms with Crippen LogP contribution in [0.3, 0.4) is 0 Å². The maximum absolute atomic E-state index is 13.4. The maximum Gasteiger partial charge on any atom is 0.248 e. The highest BCUT2D eigenvalue weighted by Crippen LogP contribution is 2.35. The van der Waals surface area contributed by atoms with Crippen molar-refractivity contribution in [2.45, 2.75) is 19.4 Å². The lowest BCUT2D eigenvalue weighted by Gasteiger charge is -2.28. The van der Waals surface area contributed by atoms with Crippen molar-refractivity contribution in [1.82, 2.24) is 10.1 Å². The summed E-state index contributed by atoms with van der Waals surface area (Å²) in [6, 6.07) is 6.17. The molecule has 2 aromatic rings. The molecular weight excluding hydrogens is 377 g/mol. The van der Waals surface area contributed by atoms with Crippen LogP contribution in [0.5, 0.6) is 0 Å². The van der Waals surface area contributed by atoms with Crippen LogP contribution in [0.25, 0.3) is 11.3 Å². The molecule has 0 bridgehead atoms. The molecule has 0 atom stereocenters. The number of hydrogen-bond acceptors (Lipinski definition) is 6. The van der Waals surface area contributed by atoms with E-state index < -0.39 is 0 Å². The molecule has 29 heavy (non-hydrogen) atoms. The monoisotopic (exact) mass is 403 g/mol. The number of carbonyl (C=O) groups excluding carboxylic acids is 1. The number of rotatable bonds is 8. The van der Waals surface area contributed by atoms with E-state index >= 15 is 0 Å². The third-order valence-corrected chi connectivity index (χ3v) is 5.33. The average molecular weight is 403 g/mol. The van der Waals surface area contributed by atoms with Crippen molar-refractivity contribution in [3.8, 4) is 11.3 Å². The van der Waals surface area contributed by atoms with E-state index in [1.807, 2.05) is 4.90 Å².